The zero-order valence-corrected chi connectivity index (χ0v) is 14.2. The van der Waals surface area contributed by atoms with Gasteiger partial charge >= 0.3 is 5.97 Å². The molecule has 1 heterocycles. The van der Waals surface area contributed by atoms with Crippen LogP contribution in [0.15, 0.2) is 24.3 Å². The van der Waals surface area contributed by atoms with E-state index < -0.39 is 5.97 Å². The second-order valence-corrected chi connectivity index (χ2v) is 6.58. The number of aliphatic carboxylic acids is 1. The van der Waals surface area contributed by atoms with Crippen molar-refractivity contribution >= 4 is 17.6 Å². The molecule has 1 saturated heterocycles. The molecule has 0 aromatic heterocycles. The lowest BCUT2D eigenvalue weighted by Gasteiger charge is -2.22. The van der Waals surface area contributed by atoms with Crippen molar-refractivity contribution in [2.45, 2.75) is 51.4 Å². The average molecular weight is 332 g/mol. The highest BCUT2D eigenvalue weighted by molar-refractivity contribution is 5.90. The number of piperidine rings is 1. The number of carbonyl (C=O) groups excluding carboxylic acids is 1. The van der Waals surface area contributed by atoms with Crippen LogP contribution in [0.3, 0.4) is 0 Å². The molecule has 0 aliphatic carbocycles. The Morgan fingerprint density at radius 1 is 1.08 bits per heavy atom. The fraction of sp³-hybridized carbons (Fsp3) is 0.579. The minimum atomic E-state index is -0.810. The maximum Gasteiger partial charge on any atom is 0.303 e. The predicted molar refractivity (Wildman–Crippen MR) is 95.1 cm³/mol. The molecule has 3 N–H and O–H groups in total. The van der Waals surface area contributed by atoms with Crippen LogP contribution >= 0.6 is 0 Å². The van der Waals surface area contributed by atoms with Crippen molar-refractivity contribution in [2.24, 2.45) is 5.92 Å². The molecule has 2 rings (SSSR count). The van der Waals surface area contributed by atoms with Gasteiger partial charge in [-0.1, -0.05) is 12.1 Å². The normalized spacial score (nSPS) is 15.2. The van der Waals surface area contributed by atoms with E-state index in [-0.39, 0.29) is 12.3 Å². The van der Waals surface area contributed by atoms with Gasteiger partial charge in [-0.15, -0.1) is 0 Å². The van der Waals surface area contributed by atoms with Crippen LogP contribution in [0.25, 0.3) is 0 Å². The van der Waals surface area contributed by atoms with Gasteiger partial charge in [0, 0.05) is 18.5 Å². The Balaban J connectivity index is 1.67. The third-order valence-electron chi connectivity index (χ3n) is 4.58. The molecule has 1 amide bonds. The van der Waals surface area contributed by atoms with Gasteiger partial charge in [-0.05, 0) is 75.2 Å². The molecule has 0 unspecified atom stereocenters. The number of anilines is 1. The van der Waals surface area contributed by atoms with E-state index in [1.807, 2.05) is 12.1 Å². The first-order valence-electron chi connectivity index (χ1n) is 8.95. The number of unbranched alkanes of at least 4 members (excludes halogenated alkanes) is 1. The molecule has 1 fully saturated rings. The van der Waals surface area contributed by atoms with Gasteiger partial charge in [-0.2, -0.15) is 0 Å². The van der Waals surface area contributed by atoms with Crippen molar-refractivity contribution < 1.29 is 14.7 Å². The molecule has 0 radical (unpaired) electrons. The third-order valence-corrected chi connectivity index (χ3v) is 4.58. The van der Waals surface area contributed by atoms with Crippen LogP contribution in [0.5, 0.6) is 0 Å². The Bertz CT molecular complexity index is 522. The molecule has 0 spiro atoms. The number of nitrogens with one attached hydrogen (secondary N) is 2. The van der Waals surface area contributed by atoms with E-state index in [0.29, 0.717) is 19.3 Å². The van der Waals surface area contributed by atoms with Gasteiger partial charge in [0.1, 0.15) is 0 Å². The van der Waals surface area contributed by atoms with E-state index in [1.165, 1.54) is 24.8 Å². The van der Waals surface area contributed by atoms with Crippen molar-refractivity contribution in [3.8, 4) is 0 Å². The molecule has 0 atom stereocenters. The van der Waals surface area contributed by atoms with Gasteiger partial charge in [0.15, 0.2) is 0 Å². The minimum Gasteiger partial charge on any atom is -0.481 e. The molecule has 5 heteroatoms. The summed E-state index contributed by atoms with van der Waals surface area (Å²) in [5, 5.41) is 14.8. The number of benzene rings is 1. The summed E-state index contributed by atoms with van der Waals surface area (Å²) in [5.74, 6) is -0.0326. The summed E-state index contributed by atoms with van der Waals surface area (Å²) in [5.41, 5.74) is 2.12. The zero-order valence-electron chi connectivity index (χ0n) is 14.2. The smallest absolute Gasteiger partial charge is 0.303 e. The molecule has 1 aliphatic rings. The van der Waals surface area contributed by atoms with E-state index in [2.05, 4.69) is 22.8 Å². The first kappa shape index (κ1) is 18.5. The molecular weight excluding hydrogens is 304 g/mol. The van der Waals surface area contributed by atoms with Crippen molar-refractivity contribution in [2.75, 3.05) is 18.4 Å². The number of hydrogen-bond donors (Lipinski definition) is 3. The zero-order chi connectivity index (χ0) is 17.2. The van der Waals surface area contributed by atoms with Crippen LogP contribution in [-0.4, -0.2) is 30.1 Å². The molecular formula is C19H28N2O3. The fourth-order valence-corrected chi connectivity index (χ4v) is 3.08. The maximum atomic E-state index is 11.8. The van der Waals surface area contributed by atoms with E-state index in [0.717, 1.165) is 31.1 Å². The lowest BCUT2D eigenvalue weighted by atomic mass is 9.91. The predicted octanol–water partition coefficient (Wildman–Crippen LogP) is 3.20. The van der Waals surface area contributed by atoms with E-state index in [1.54, 1.807) is 0 Å². The molecule has 5 nitrogen and oxygen atoms in total. The van der Waals surface area contributed by atoms with Gasteiger partial charge < -0.3 is 15.7 Å². The van der Waals surface area contributed by atoms with Crippen molar-refractivity contribution in [3.05, 3.63) is 29.8 Å². The molecule has 132 valence electrons. The number of amides is 1. The van der Waals surface area contributed by atoms with Gasteiger partial charge in [0.2, 0.25) is 5.91 Å². The van der Waals surface area contributed by atoms with Crippen LogP contribution in [0.1, 0.15) is 50.5 Å². The number of carbonyl (C=O) groups is 2. The second-order valence-electron chi connectivity index (χ2n) is 6.58. The number of carboxylic acids is 1. The van der Waals surface area contributed by atoms with Crippen LogP contribution in [0, 0.1) is 5.92 Å². The number of rotatable bonds is 9. The van der Waals surface area contributed by atoms with Crippen LogP contribution in [0.4, 0.5) is 5.69 Å². The van der Waals surface area contributed by atoms with Crippen LogP contribution in [-0.2, 0) is 16.0 Å². The Labute approximate surface area is 143 Å². The number of carboxylic acid groups (broad SMARTS) is 1. The summed E-state index contributed by atoms with van der Waals surface area (Å²) in [7, 11) is 0. The average Bonchev–Trinajstić information content (AvgIpc) is 2.59. The Morgan fingerprint density at radius 2 is 1.75 bits per heavy atom. The fourth-order valence-electron chi connectivity index (χ4n) is 3.08. The van der Waals surface area contributed by atoms with E-state index >= 15 is 0 Å². The van der Waals surface area contributed by atoms with E-state index in [9.17, 15) is 9.59 Å². The van der Waals surface area contributed by atoms with Gasteiger partial charge in [-0.3, -0.25) is 9.59 Å². The largest absolute Gasteiger partial charge is 0.481 e. The van der Waals surface area contributed by atoms with Gasteiger partial charge in [-0.25, -0.2) is 0 Å². The van der Waals surface area contributed by atoms with Gasteiger partial charge in [0.25, 0.3) is 0 Å². The molecule has 0 bridgehead atoms. The van der Waals surface area contributed by atoms with Gasteiger partial charge in [0.05, 0.1) is 0 Å². The van der Waals surface area contributed by atoms with Crippen molar-refractivity contribution in [3.63, 3.8) is 0 Å². The first-order chi connectivity index (χ1) is 11.6. The Kier molecular flexibility index (Phi) is 7.75. The quantitative estimate of drug-likeness (QED) is 0.607. The van der Waals surface area contributed by atoms with E-state index in [4.69, 9.17) is 5.11 Å². The lowest BCUT2D eigenvalue weighted by Crippen LogP contribution is -2.27. The minimum absolute atomic E-state index is 0.0529. The molecule has 1 aromatic carbocycles. The summed E-state index contributed by atoms with van der Waals surface area (Å²) in [6, 6.07) is 8.07. The highest BCUT2D eigenvalue weighted by Gasteiger charge is 2.12. The second kappa shape index (κ2) is 10.1. The summed E-state index contributed by atoms with van der Waals surface area (Å²) < 4.78 is 0. The molecule has 1 aliphatic heterocycles. The highest BCUT2D eigenvalue weighted by atomic mass is 16.4. The lowest BCUT2D eigenvalue weighted by molar-refractivity contribution is -0.137. The summed E-state index contributed by atoms with van der Waals surface area (Å²) >= 11 is 0. The number of aryl methyl sites for hydroxylation is 1. The standard InChI is InChI=1S/C19H28N2O3/c22-18(3-1-2-4-19(23)24)21-17-9-7-15(8-10-17)5-6-16-11-13-20-14-12-16/h7-10,16,20H,1-6,11-14H2,(H,21,22)(H,23,24). The Morgan fingerprint density at radius 3 is 2.42 bits per heavy atom. The summed E-state index contributed by atoms with van der Waals surface area (Å²) in [4.78, 5) is 22.2. The molecule has 1 aromatic rings. The SMILES string of the molecule is O=C(O)CCCCC(=O)Nc1ccc(CCC2CCNCC2)cc1. The number of hydrogen-bond acceptors (Lipinski definition) is 3. The highest BCUT2D eigenvalue weighted by Crippen LogP contribution is 2.19. The molecule has 0 saturated carbocycles. The topological polar surface area (TPSA) is 78.4 Å². The van der Waals surface area contributed by atoms with Crippen molar-refractivity contribution in [1.29, 1.82) is 0 Å². The monoisotopic (exact) mass is 332 g/mol. The maximum absolute atomic E-state index is 11.8. The van der Waals surface area contributed by atoms with Crippen LogP contribution < -0.4 is 10.6 Å². The first-order valence-corrected chi connectivity index (χ1v) is 8.95. The van der Waals surface area contributed by atoms with Crippen LogP contribution in [0.2, 0.25) is 0 Å². The third kappa shape index (κ3) is 7.13. The Hall–Kier alpha value is -1.88. The molecule has 24 heavy (non-hydrogen) atoms. The van der Waals surface area contributed by atoms with Crippen molar-refractivity contribution in [1.82, 2.24) is 5.32 Å². The summed E-state index contributed by atoms with van der Waals surface area (Å²) in [6.45, 7) is 2.28. The summed E-state index contributed by atoms with van der Waals surface area (Å²) in [6.07, 6.45) is 6.51.